The molecule has 32 heavy (non-hydrogen) atoms. The van der Waals surface area contributed by atoms with Gasteiger partial charge < -0.3 is 16.4 Å². The summed E-state index contributed by atoms with van der Waals surface area (Å²) in [7, 11) is 1.81. The van der Waals surface area contributed by atoms with Crippen molar-refractivity contribution >= 4 is 18.5 Å². The van der Waals surface area contributed by atoms with E-state index in [9.17, 15) is 4.39 Å². The van der Waals surface area contributed by atoms with Crippen molar-refractivity contribution < 1.29 is 37.1 Å². The minimum atomic E-state index is -1.56. The number of alkyl halides is 1. The first-order valence-electron chi connectivity index (χ1n) is 9.97. The molecule has 0 spiro atoms. The molecule has 1 heterocycles. The Labute approximate surface area is 224 Å². The van der Waals surface area contributed by atoms with Crippen LogP contribution in [0.25, 0.3) is 5.73 Å². The maximum Gasteiger partial charge on any atom is 0.149 e. The van der Waals surface area contributed by atoms with Crippen molar-refractivity contribution in [1.82, 2.24) is 20.4 Å². The Balaban J connectivity index is 0. The van der Waals surface area contributed by atoms with E-state index in [4.69, 9.17) is 5.73 Å². The Kier molecular flexibility index (Phi) is 15.3. The van der Waals surface area contributed by atoms with E-state index < -0.39 is 17.2 Å². The summed E-state index contributed by atoms with van der Waals surface area (Å²) in [4.78, 5) is 0. The number of halogens is 1. The average Bonchev–Trinajstić information content (AvgIpc) is 3.11. The molecule has 0 aliphatic heterocycles. The summed E-state index contributed by atoms with van der Waals surface area (Å²) in [5, 5.41) is 10.7. The molecule has 0 bridgehead atoms. The number of rotatable bonds is 11. The topological polar surface area (TPSA) is 78.0 Å². The summed E-state index contributed by atoms with van der Waals surface area (Å²) in [6.45, 7) is 23.0. The van der Waals surface area contributed by atoms with Crippen molar-refractivity contribution in [2.45, 2.75) is 64.8 Å². The summed E-state index contributed by atoms with van der Waals surface area (Å²) in [5.74, 6) is 0. The molecule has 3 N–H and O–H groups in total. The third-order valence-corrected chi connectivity index (χ3v) is 4.71. The summed E-state index contributed by atoms with van der Waals surface area (Å²) in [6, 6.07) is 1.16. The van der Waals surface area contributed by atoms with Crippen LogP contribution in [0.5, 0.6) is 0 Å². The molecule has 9 heteroatoms. The van der Waals surface area contributed by atoms with Crippen molar-refractivity contribution in [3.63, 3.8) is 0 Å². The van der Waals surface area contributed by atoms with Crippen LogP contribution < -0.4 is 10.6 Å². The maximum absolute atomic E-state index is 14.4. The fourth-order valence-corrected chi connectivity index (χ4v) is 2.95. The van der Waals surface area contributed by atoms with Crippen LogP contribution in [-0.2, 0) is 44.9 Å². The van der Waals surface area contributed by atoms with Crippen molar-refractivity contribution in [2.24, 2.45) is 4.40 Å². The van der Waals surface area contributed by atoms with Crippen LogP contribution in [0.3, 0.4) is 0 Å². The molecule has 177 valence electrons. The molecule has 1 unspecified atom stereocenters. The number of hydrogen-bond donors (Lipinski definition) is 3. The Hall–Kier alpha value is -1.22. The molecule has 0 aliphatic rings. The van der Waals surface area contributed by atoms with Crippen LogP contribution in [0.1, 0.15) is 52.4 Å². The quantitative estimate of drug-likeness (QED) is 0.150. The molecular weight excluding hydrogens is 500 g/mol. The van der Waals surface area contributed by atoms with Crippen LogP contribution >= 0.6 is 12.8 Å². The van der Waals surface area contributed by atoms with Crippen LogP contribution in [0.4, 0.5) is 4.39 Å². The van der Waals surface area contributed by atoms with Crippen LogP contribution in [0, 0.1) is 0 Å². The van der Waals surface area contributed by atoms with Gasteiger partial charge in [-0.15, -0.1) is 13.2 Å². The molecule has 1 aromatic heterocycles. The van der Waals surface area contributed by atoms with Crippen molar-refractivity contribution in [2.75, 3.05) is 7.05 Å². The molecule has 0 saturated carbocycles. The average molecular weight is 539 g/mol. The number of aromatic nitrogens is 2. The summed E-state index contributed by atoms with van der Waals surface area (Å²) >= 11 is 3.99. The molecule has 0 amide bonds. The Morgan fingerprint density at radius 3 is 2.38 bits per heavy atom. The second-order valence-electron chi connectivity index (χ2n) is 8.23. The molecule has 0 saturated heterocycles. The third-order valence-electron chi connectivity index (χ3n) is 4.41. The van der Waals surface area contributed by atoms with E-state index in [1.165, 1.54) is 13.8 Å². The predicted octanol–water partition coefficient (Wildman–Crippen LogP) is 5.52. The first-order chi connectivity index (χ1) is 14.3. The first-order valence-corrected chi connectivity index (χ1v) is 10.4. The zero-order chi connectivity index (χ0) is 24.4. The fraction of sp³-hybridized carbons (Fsp3) is 0.478. The number of allylic oxidation sites excluding steroid dienone is 1. The van der Waals surface area contributed by atoms with Gasteiger partial charge in [-0.05, 0) is 77.4 Å². The van der Waals surface area contributed by atoms with Gasteiger partial charge in [0.25, 0.3) is 0 Å². The normalized spacial score (nSPS) is 13.3. The zero-order valence-corrected chi connectivity index (χ0v) is 24.0. The SMILES string of the molecule is C=C.C=C/C(=C\NC)CC([NH-])C(=C)NC(C)(C)Cn1nc(C(C)(C)F)cc1/C(C)=N/S.[Y]. The summed E-state index contributed by atoms with van der Waals surface area (Å²) in [5.41, 5.74) is 9.57. The van der Waals surface area contributed by atoms with E-state index in [0.29, 0.717) is 35.8 Å². The van der Waals surface area contributed by atoms with Gasteiger partial charge in [0, 0.05) is 39.8 Å². The van der Waals surface area contributed by atoms with E-state index >= 15 is 0 Å². The Morgan fingerprint density at radius 2 is 1.94 bits per heavy atom. The molecule has 1 atom stereocenters. The molecule has 1 radical (unpaired) electrons. The van der Waals surface area contributed by atoms with E-state index in [1.807, 2.05) is 27.1 Å². The van der Waals surface area contributed by atoms with E-state index in [0.717, 1.165) is 5.57 Å². The number of nitrogens with zero attached hydrogens (tertiary/aromatic N) is 3. The largest absolute Gasteiger partial charge is 0.669 e. The van der Waals surface area contributed by atoms with Crippen molar-refractivity contribution in [1.29, 1.82) is 0 Å². The van der Waals surface area contributed by atoms with Crippen LogP contribution in [0.15, 0.2) is 60.3 Å². The second-order valence-corrected chi connectivity index (χ2v) is 8.43. The smallest absolute Gasteiger partial charge is 0.149 e. The van der Waals surface area contributed by atoms with E-state index in [1.54, 1.807) is 23.7 Å². The van der Waals surface area contributed by atoms with Gasteiger partial charge in [-0.1, -0.05) is 25.3 Å². The van der Waals surface area contributed by atoms with E-state index in [-0.39, 0.29) is 32.7 Å². The van der Waals surface area contributed by atoms with Gasteiger partial charge in [-0.25, -0.2) is 8.79 Å². The molecule has 0 aromatic carbocycles. The standard InChI is InChI=1S/C21H34FN6S.C2H4.Y/c1-9-16(12-24-8)10-17(23)14(2)25-20(4,5)13-28-18(15(3)27-29)11-19(26-28)21(6,7)22;1-2;/h9,11-12,17,23-25,29H,1-2,10,13H2,3-8H3;1-2H2;/q-1;;/b16-12+,27-15+;;. The van der Waals surface area contributed by atoms with Gasteiger partial charge in [-0.3, -0.25) is 4.68 Å². The minimum Gasteiger partial charge on any atom is -0.669 e. The molecule has 6 nitrogen and oxygen atoms in total. The number of nitrogens with one attached hydrogen (secondary N) is 3. The summed E-state index contributed by atoms with van der Waals surface area (Å²) in [6.07, 6.45) is 4.04. The molecule has 1 rings (SSSR count). The zero-order valence-electron chi connectivity index (χ0n) is 20.3. The predicted molar refractivity (Wildman–Crippen MR) is 135 cm³/mol. The minimum absolute atomic E-state index is 0. The third kappa shape index (κ3) is 10.6. The van der Waals surface area contributed by atoms with Crippen molar-refractivity contribution in [3.8, 4) is 0 Å². The fourth-order valence-electron chi connectivity index (χ4n) is 2.85. The Morgan fingerprint density at radius 1 is 1.38 bits per heavy atom. The Bertz CT molecular complexity index is 808. The second kappa shape index (κ2) is 14.8. The number of hydrogen-bond acceptors (Lipinski definition) is 5. The van der Waals surface area contributed by atoms with Gasteiger partial charge in [-0.2, -0.15) is 5.10 Å². The molecule has 0 aliphatic carbocycles. The maximum atomic E-state index is 14.4. The first kappa shape index (κ1) is 33.0. The van der Waals surface area contributed by atoms with Crippen LogP contribution in [-0.4, -0.2) is 34.1 Å². The molecular formula is C23H38FN6SY-. The summed E-state index contributed by atoms with van der Waals surface area (Å²) < 4.78 is 20.1. The molecule has 0 fully saturated rings. The van der Waals surface area contributed by atoms with E-state index in [2.05, 4.69) is 59.3 Å². The van der Waals surface area contributed by atoms with Gasteiger partial charge in [0.1, 0.15) is 5.67 Å². The molecule has 1 aromatic rings. The number of thiol groups is 1. The van der Waals surface area contributed by atoms with Crippen LogP contribution in [0.2, 0.25) is 0 Å². The monoisotopic (exact) mass is 538 g/mol. The van der Waals surface area contributed by atoms with Gasteiger partial charge >= 0.3 is 0 Å². The van der Waals surface area contributed by atoms with Crippen molar-refractivity contribution in [3.05, 3.63) is 73.0 Å². The van der Waals surface area contributed by atoms with Gasteiger partial charge in [0.2, 0.25) is 0 Å². The van der Waals surface area contributed by atoms with Gasteiger partial charge in [0.05, 0.1) is 29.2 Å². The van der Waals surface area contributed by atoms with Gasteiger partial charge in [0.15, 0.2) is 0 Å².